The van der Waals surface area contributed by atoms with Crippen LogP contribution in [0.4, 0.5) is 17.1 Å². The van der Waals surface area contributed by atoms with Gasteiger partial charge in [-0.3, -0.25) is 0 Å². The Morgan fingerprint density at radius 2 is 0.682 bits per heavy atom. The van der Waals surface area contributed by atoms with Crippen molar-refractivity contribution in [1.29, 1.82) is 0 Å². The lowest BCUT2D eigenvalue weighted by atomic mass is 9.84. The quantitative estimate of drug-likeness (QED) is 0.132. The molecule has 2 aromatic heterocycles. The predicted molar refractivity (Wildman–Crippen MR) is 279 cm³/mol. The average molecular weight is 846 g/mol. The Hall–Kier alpha value is -8.40. The van der Waals surface area contributed by atoms with Crippen LogP contribution in [0, 0.1) is 13.8 Å². The van der Waals surface area contributed by atoms with Crippen LogP contribution < -0.4 is 4.90 Å². The zero-order chi connectivity index (χ0) is 44.1. The molecule has 3 nitrogen and oxygen atoms in total. The van der Waals surface area contributed by atoms with Crippen molar-refractivity contribution in [2.45, 2.75) is 19.8 Å². The summed E-state index contributed by atoms with van der Waals surface area (Å²) in [6.07, 6.45) is 0. The number of fused-ring (bicyclic) bond motifs is 6. The van der Waals surface area contributed by atoms with E-state index in [0.29, 0.717) is 0 Å². The second-order valence-electron chi connectivity index (χ2n) is 17.5. The van der Waals surface area contributed by atoms with Gasteiger partial charge < -0.3 is 14.0 Å². The minimum atomic E-state index is 0.0624. The summed E-state index contributed by atoms with van der Waals surface area (Å²) in [7, 11) is 0. The van der Waals surface area contributed by atoms with Gasteiger partial charge in [0.15, 0.2) is 0 Å². The van der Waals surface area contributed by atoms with Crippen molar-refractivity contribution >= 4 is 60.7 Å². The van der Waals surface area contributed by atoms with E-state index in [1.54, 1.807) is 0 Å². The maximum Gasteiger partial charge on any atom is 0.0542 e. The Bertz CT molecular complexity index is 3430. The maximum atomic E-state index is 2.42. The third-order valence-corrected chi connectivity index (χ3v) is 13.4. The van der Waals surface area contributed by atoms with Crippen molar-refractivity contribution in [2.24, 2.45) is 0 Å². The highest BCUT2D eigenvalue weighted by molar-refractivity contribution is 6.11. The van der Waals surface area contributed by atoms with Gasteiger partial charge in [0.2, 0.25) is 0 Å². The number of anilines is 3. The normalized spacial score (nSPS) is 12.0. The molecule has 0 aliphatic rings. The number of rotatable bonds is 9. The summed E-state index contributed by atoms with van der Waals surface area (Å²) in [6, 6.07) is 89.0. The van der Waals surface area contributed by atoms with Crippen LogP contribution in [0.1, 0.15) is 33.7 Å². The topological polar surface area (TPSA) is 13.1 Å². The monoisotopic (exact) mass is 845 g/mol. The fourth-order valence-electron chi connectivity index (χ4n) is 10.1. The number of para-hydroxylation sites is 4. The fourth-order valence-corrected chi connectivity index (χ4v) is 10.1. The number of aromatic nitrogens is 2. The molecule has 12 aromatic rings. The zero-order valence-electron chi connectivity index (χ0n) is 37.0. The van der Waals surface area contributed by atoms with E-state index < -0.39 is 0 Å². The highest BCUT2D eigenvalue weighted by Crippen LogP contribution is 2.42. The summed E-state index contributed by atoms with van der Waals surface area (Å²) in [4.78, 5) is 2.38. The molecule has 314 valence electrons. The molecule has 10 aromatic carbocycles. The first-order valence-electron chi connectivity index (χ1n) is 22.9. The Labute approximate surface area is 385 Å². The summed E-state index contributed by atoms with van der Waals surface area (Å²) < 4.78 is 4.76. The van der Waals surface area contributed by atoms with Crippen LogP contribution in [0.15, 0.2) is 243 Å². The van der Waals surface area contributed by atoms with Gasteiger partial charge in [-0.2, -0.15) is 0 Å². The molecular formula is C63H47N3. The molecule has 0 aliphatic carbocycles. The summed E-state index contributed by atoms with van der Waals surface area (Å²) in [5, 5.41) is 4.99. The van der Waals surface area contributed by atoms with Crippen molar-refractivity contribution in [2.75, 3.05) is 4.90 Å². The van der Waals surface area contributed by atoms with Gasteiger partial charge in [-0.25, -0.2) is 0 Å². The summed E-state index contributed by atoms with van der Waals surface area (Å²) in [6.45, 7) is 4.31. The van der Waals surface area contributed by atoms with E-state index in [2.05, 4.69) is 271 Å². The average Bonchev–Trinajstić information content (AvgIpc) is 3.89. The van der Waals surface area contributed by atoms with E-state index in [0.717, 1.165) is 22.7 Å². The number of hydrogen-bond acceptors (Lipinski definition) is 1. The van der Waals surface area contributed by atoms with Crippen LogP contribution in [0.3, 0.4) is 0 Å². The number of benzene rings is 10. The lowest BCUT2D eigenvalue weighted by molar-refractivity contribution is 0.978. The number of nitrogens with zero attached hydrogens (tertiary/aromatic N) is 3. The van der Waals surface area contributed by atoms with Gasteiger partial charge in [-0.05, 0) is 133 Å². The molecule has 0 saturated heterocycles. The maximum absolute atomic E-state index is 2.42. The largest absolute Gasteiger partial charge is 0.310 e. The van der Waals surface area contributed by atoms with Crippen molar-refractivity contribution in [3.05, 3.63) is 270 Å². The third kappa shape index (κ3) is 6.85. The minimum absolute atomic E-state index is 0.0624. The van der Waals surface area contributed by atoms with Gasteiger partial charge in [0.1, 0.15) is 0 Å². The van der Waals surface area contributed by atoms with Gasteiger partial charge in [-0.1, -0.05) is 163 Å². The molecule has 0 radical (unpaired) electrons. The lowest BCUT2D eigenvalue weighted by Crippen LogP contribution is -2.10. The fraction of sp³-hybridized carbons (Fsp3) is 0.0476. The molecule has 1 atom stereocenters. The summed E-state index contributed by atoms with van der Waals surface area (Å²) >= 11 is 0. The van der Waals surface area contributed by atoms with Gasteiger partial charge in [0, 0.05) is 55.9 Å². The van der Waals surface area contributed by atoms with Gasteiger partial charge in [-0.15, -0.1) is 0 Å². The van der Waals surface area contributed by atoms with E-state index in [9.17, 15) is 0 Å². The van der Waals surface area contributed by atoms with E-state index >= 15 is 0 Å². The van der Waals surface area contributed by atoms with Crippen LogP contribution in [0.5, 0.6) is 0 Å². The summed E-state index contributed by atoms with van der Waals surface area (Å²) in [5.41, 5.74) is 19.2. The first kappa shape index (κ1) is 39.2. The van der Waals surface area contributed by atoms with Crippen molar-refractivity contribution < 1.29 is 0 Å². The van der Waals surface area contributed by atoms with Crippen LogP contribution >= 0.6 is 0 Å². The lowest BCUT2D eigenvalue weighted by Gasteiger charge is -2.26. The number of hydrogen-bond donors (Lipinski definition) is 0. The molecule has 3 heteroatoms. The van der Waals surface area contributed by atoms with Crippen LogP contribution in [0.25, 0.3) is 66.1 Å². The standard InChI is InChI=1S/C63H47N3/c1-43-21-25-47(26-22-43)63(49-33-39-61-57(41-49)55-17-9-11-19-59(55)65(61)50-13-5-3-6-14-50)48-29-27-45(28-30-48)46-31-36-53(37-32-46)64(52-34-23-44(2)24-35-52)54-38-40-62-58(42-54)56-18-10-12-20-60(56)66(62)51-15-7-4-8-16-51/h3-42,63H,1-2H3. The smallest absolute Gasteiger partial charge is 0.0542 e. The van der Waals surface area contributed by atoms with E-state index in [4.69, 9.17) is 0 Å². The highest BCUT2D eigenvalue weighted by Gasteiger charge is 2.21. The Kier molecular flexibility index (Phi) is 9.69. The molecule has 0 bridgehead atoms. The first-order valence-corrected chi connectivity index (χ1v) is 22.9. The molecule has 0 spiro atoms. The predicted octanol–water partition coefficient (Wildman–Crippen LogP) is 16.8. The zero-order valence-corrected chi connectivity index (χ0v) is 37.0. The van der Waals surface area contributed by atoms with Gasteiger partial charge in [0.25, 0.3) is 0 Å². The number of aryl methyl sites for hydroxylation is 2. The van der Waals surface area contributed by atoms with Crippen LogP contribution in [0.2, 0.25) is 0 Å². The SMILES string of the molecule is Cc1ccc(C(c2ccc(-c3ccc(N(c4ccc(C)cc4)c4ccc5c(c4)c4ccccc4n5-c4ccccc4)cc3)cc2)c2ccc3c(c2)c2ccccc2n3-c2ccccc2)cc1. The molecule has 0 N–H and O–H groups in total. The minimum Gasteiger partial charge on any atom is -0.310 e. The Morgan fingerprint density at radius 3 is 1.23 bits per heavy atom. The molecule has 0 fully saturated rings. The molecule has 0 amide bonds. The highest BCUT2D eigenvalue weighted by atomic mass is 15.1. The Morgan fingerprint density at radius 1 is 0.303 bits per heavy atom. The van der Waals surface area contributed by atoms with Gasteiger partial charge in [0.05, 0.1) is 22.1 Å². The van der Waals surface area contributed by atoms with E-state index in [1.807, 2.05) is 0 Å². The molecule has 0 aliphatic heterocycles. The molecule has 1 unspecified atom stereocenters. The first-order chi connectivity index (χ1) is 32.6. The van der Waals surface area contributed by atoms with Crippen molar-refractivity contribution in [3.8, 4) is 22.5 Å². The van der Waals surface area contributed by atoms with Crippen molar-refractivity contribution in [1.82, 2.24) is 9.13 Å². The molecule has 2 heterocycles. The van der Waals surface area contributed by atoms with Gasteiger partial charge >= 0.3 is 0 Å². The van der Waals surface area contributed by atoms with Crippen LogP contribution in [-0.2, 0) is 0 Å². The van der Waals surface area contributed by atoms with E-state index in [-0.39, 0.29) is 5.92 Å². The molecular weight excluding hydrogens is 799 g/mol. The van der Waals surface area contributed by atoms with Crippen LogP contribution in [-0.4, -0.2) is 9.13 Å². The Balaban J connectivity index is 0.910. The van der Waals surface area contributed by atoms with E-state index in [1.165, 1.54) is 88.2 Å². The second-order valence-corrected chi connectivity index (χ2v) is 17.5. The van der Waals surface area contributed by atoms with Crippen molar-refractivity contribution in [3.63, 3.8) is 0 Å². The summed E-state index contributed by atoms with van der Waals surface area (Å²) in [5.74, 6) is 0.0624. The third-order valence-electron chi connectivity index (χ3n) is 13.4. The molecule has 66 heavy (non-hydrogen) atoms. The molecule has 0 saturated carbocycles. The molecule has 12 rings (SSSR count). The second kappa shape index (κ2) is 16.3.